The van der Waals surface area contributed by atoms with Crippen LogP contribution in [0.1, 0.15) is 71.6 Å². The smallest absolute Gasteiger partial charge is 0.306 e. The summed E-state index contributed by atoms with van der Waals surface area (Å²) in [5.41, 5.74) is 6.39. The number of esters is 1. The Bertz CT molecular complexity index is 1040. The summed E-state index contributed by atoms with van der Waals surface area (Å²) in [6.07, 6.45) is 7.20. The molecule has 31 heavy (non-hydrogen) atoms. The monoisotopic (exact) mass is 422 g/mol. The van der Waals surface area contributed by atoms with Gasteiger partial charge in [0.15, 0.2) is 5.78 Å². The molecule has 2 bridgehead atoms. The molecule has 6 nitrogen and oxygen atoms in total. The lowest BCUT2D eigenvalue weighted by atomic mass is 9.39. The summed E-state index contributed by atoms with van der Waals surface area (Å²) in [5.74, 6) is 0.333. The highest BCUT2D eigenvalue weighted by atomic mass is 16.6. The molecule has 6 heteroatoms. The predicted molar refractivity (Wildman–Crippen MR) is 109 cm³/mol. The zero-order chi connectivity index (χ0) is 21.6. The van der Waals surface area contributed by atoms with Gasteiger partial charge in [0.05, 0.1) is 23.7 Å². The Morgan fingerprint density at radius 2 is 1.94 bits per heavy atom. The fraction of sp³-hybridized carbons (Fsp3) is 0.800. The zero-order valence-electron chi connectivity index (χ0n) is 18.3. The van der Waals surface area contributed by atoms with Crippen molar-refractivity contribution in [3.8, 4) is 6.07 Å². The van der Waals surface area contributed by atoms with E-state index in [-0.39, 0.29) is 46.1 Å². The minimum absolute atomic E-state index is 0.00385. The van der Waals surface area contributed by atoms with E-state index in [9.17, 15) is 14.9 Å². The van der Waals surface area contributed by atoms with Gasteiger partial charge < -0.3 is 15.2 Å². The van der Waals surface area contributed by atoms with Crippen molar-refractivity contribution in [1.82, 2.24) is 0 Å². The number of epoxide rings is 1. The number of nitrogens with zero attached hydrogens (tertiary/aromatic N) is 1. The number of ketones is 1. The van der Waals surface area contributed by atoms with E-state index >= 15 is 0 Å². The maximum atomic E-state index is 13.0. The average molecular weight is 423 g/mol. The number of carbonyl (C=O) groups is 2. The van der Waals surface area contributed by atoms with Crippen molar-refractivity contribution in [3.63, 3.8) is 0 Å². The van der Waals surface area contributed by atoms with Crippen LogP contribution in [0, 0.1) is 44.8 Å². The number of nitrogens with two attached hydrogens (primary N) is 1. The van der Waals surface area contributed by atoms with Gasteiger partial charge in [-0.05, 0) is 56.3 Å². The number of carbonyl (C=O) groups excluding carboxylic acids is 2. The summed E-state index contributed by atoms with van der Waals surface area (Å²) >= 11 is 0. The third-order valence-electron chi connectivity index (χ3n) is 11.4. The van der Waals surface area contributed by atoms with Gasteiger partial charge >= 0.3 is 5.97 Å². The van der Waals surface area contributed by atoms with Crippen LogP contribution in [0.2, 0.25) is 0 Å². The lowest BCUT2D eigenvalue weighted by Gasteiger charge is -2.62. The quantitative estimate of drug-likeness (QED) is 0.475. The highest BCUT2D eigenvalue weighted by Gasteiger charge is 2.81. The first-order valence-electron chi connectivity index (χ1n) is 12.0. The Balaban J connectivity index is 1.44. The minimum atomic E-state index is -0.753. The van der Waals surface area contributed by atoms with Gasteiger partial charge in [0, 0.05) is 40.9 Å². The summed E-state index contributed by atoms with van der Waals surface area (Å²) < 4.78 is 12.5. The second-order valence-electron chi connectivity index (χ2n) is 12.2. The van der Waals surface area contributed by atoms with Crippen LogP contribution < -0.4 is 5.73 Å². The van der Waals surface area contributed by atoms with Crippen LogP contribution in [-0.4, -0.2) is 29.6 Å². The van der Waals surface area contributed by atoms with Gasteiger partial charge in [-0.1, -0.05) is 13.8 Å². The number of hydrogen-bond donors (Lipinski definition) is 1. The van der Waals surface area contributed by atoms with Crippen molar-refractivity contribution in [1.29, 1.82) is 5.26 Å². The minimum Gasteiger partial charge on any atom is -0.458 e. The fourth-order valence-electron chi connectivity index (χ4n) is 10.1. The first kappa shape index (κ1) is 18.7. The average Bonchev–Trinajstić information content (AvgIpc) is 3.16. The van der Waals surface area contributed by atoms with Crippen LogP contribution >= 0.6 is 0 Å². The summed E-state index contributed by atoms with van der Waals surface area (Å²) in [5, 5.41) is 10.4. The molecule has 9 atom stereocenters. The van der Waals surface area contributed by atoms with Gasteiger partial charge in [0.2, 0.25) is 0 Å². The van der Waals surface area contributed by atoms with Crippen LogP contribution in [-0.2, 0) is 19.1 Å². The molecule has 164 valence electrons. The fourth-order valence-corrected chi connectivity index (χ4v) is 10.1. The Kier molecular flexibility index (Phi) is 3.03. The van der Waals surface area contributed by atoms with Gasteiger partial charge in [0.25, 0.3) is 0 Å². The largest absolute Gasteiger partial charge is 0.458 e. The molecule has 0 aromatic rings. The Labute approximate surface area is 182 Å². The third-order valence-corrected chi connectivity index (χ3v) is 11.4. The molecular weight excluding hydrogens is 392 g/mol. The van der Waals surface area contributed by atoms with E-state index in [1.165, 1.54) is 0 Å². The zero-order valence-corrected chi connectivity index (χ0v) is 18.3. The van der Waals surface area contributed by atoms with Crippen LogP contribution in [0.5, 0.6) is 0 Å². The van der Waals surface area contributed by atoms with Crippen molar-refractivity contribution >= 4 is 11.8 Å². The highest BCUT2D eigenvalue weighted by molar-refractivity contribution is 6.00. The molecule has 2 aliphatic heterocycles. The molecule has 0 aromatic heterocycles. The lowest BCUT2D eigenvalue weighted by Crippen LogP contribution is -2.62. The number of ether oxygens (including phenoxy) is 2. The summed E-state index contributed by atoms with van der Waals surface area (Å²) in [6, 6.07) is 2.62. The van der Waals surface area contributed by atoms with E-state index in [2.05, 4.69) is 19.9 Å². The van der Waals surface area contributed by atoms with Crippen LogP contribution in [0.25, 0.3) is 0 Å². The van der Waals surface area contributed by atoms with E-state index < -0.39 is 11.0 Å². The number of Topliss-reactive ketones (excluding diaryl/α,β-unsaturated/α-hetero) is 1. The molecule has 4 saturated carbocycles. The molecular formula is C25H30N2O4. The van der Waals surface area contributed by atoms with Crippen molar-refractivity contribution in [2.24, 2.45) is 39.2 Å². The summed E-state index contributed by atoms with van der Waals surface area (Å²) in [6.45, 7) is 4.55. The summed E-state index contributed by atoms with van der Waals surface area (Å²) in [4.78, 5) is 25.3. The van der Waals surface area contributed by atoms with E-state index in [0.29, 0.717) is 36.5 Å². The normalized spacial score (nSPS) is 58.4. The van der Waals surface area contributed by atoms with Gasteiger partial charge in [-0.2, -0.15) is 5.26 Å². The van der Waals surface area contributed by atoms with Crippen molar-refractivity contribution < 1.29 is 19.1 Å². The third kappa shape index (κ3) is 1.71. The molecule has 5 aliphatic carbocycles. The Hall–Kier alpha value is -1.87. The molecule has 0 aromatic carbocycles. The Morgan fingerprint density at radius 3 is 2.65 bits per heavy atom. The SMILES string of the molecule is CC12CCC(=O)C3=C(N)C(CC31C#N)C1(C2)C2OC2CC2(C)C1CCC21CCC(=O)O1. The molecule has 0 radical (unpaired) electrons. The standard InChI is InChI=1S/C25H30N2O4/c1-21-6-3-14(28)18-19(27)13(9-23(18,21)12-26)25(11-21)16-4-7-24(8-5-17(29)31-24)22(16,2)10-15-20(25)30-15/h13,15-16,20H,3-11,27H2,1-2H3. The molecule has 7 rings (SSSR count). The summed E-state index contributed by atoms with van der Waals surface area (Å²) in [7, 11) is 0. The molecule has 2 saturated heterocycles. The topological polar surface area (TPSA) is 106 Å². The molecule has 7 aliphatic rings. The van der Waals surface area contributed by atoms with E-state index in [1.54, 1.807) is 0 Å². The molecule has 9 unspecified atom stereocenters. The molecule has 6 fully saturated rings. The number of fused-ring (bicyclic) bond motifs is 7. The van der Waals surface area contributed by atoms with E-state index in [4.69, 9.17) is 15.2 Å². The highest BCUT2D eigenvalue weighted by Crippen LogP contribution is 2.81. The maximum Gasteiger partial charge on any atom is 0.306 e. The Morgan fingerprint density at radius 1 is 1.13 bits per heavy atom. The molecule has 2 heterocycles. The van der Waals surface area contributed by atoms with Crippen LogP contribution in [0.4, 0.5) is 0 Å². The van der Waals surface area contributed by atoms with Gasteiger partial charge in [0.1, 0.15) is 5.60 Å². The first-order chi connectivity index (χ1) is 14.7. The maximum absolute atomic E-state index is 13.0. The van der Waals surface area contributed by atoms with Crippen LogP contribution in [0.3, 0.4) is 0 Å². The number of rotatable bonds is 0. The van der Waals surface area contributed by atoms with Crippen molar-refractivity contribution in [2.45, 2.75) is 89.4 Å². The van der Waals surface area contributed by atoms with Crippen LogP contribution in [0.15, 0.2) is 11.3 Å². The molecule has 2 spiro atoms. The first-order valence-corrected chi connectivity index (χ1v) is 12.0. The van der Waals surface area contributed by atoms with Crippen molar-refractivity contribution in [2.75, 3.05) is 0 Å². The van der Waals surface area contributed by atoms with Gasteiger partial charge in [-0.25, -0.2) is 0 Å². The lowest BCUT2D eigenvalue weighted by molar-refractivity contribution is -0.175. The molecule has 2 N–H and O–H groups in total. The molecule has 0 amide bonds. The van der Waals surface area contributed by atoms with E-state index in [1.807, 2.05) is 0 Å². The predicted octanol–water partition coefficient (Wildman–Crippen LogP) is 3.15. The van der Waals surface area contributed by atoms with Gasteiger partial charge in [-0.3, -0.25) is 9.59 Å². The van der Waals surface area contributed by atoms with Crippen molar-refractivity contribution in [3.05, 3.63) is 11.3 Å². The number of hydrogen-bond acceptors (Lipinski definition) is 6. The van der Waals surface area contributed by atoms with E-state index in [0.717, 1.165) is 38.5 Å². The number of allylic oxidation sites excluding steroid dienone is 2. The number of nitriles is 1. The second kappa shape index (κ2) is 5.03. The second-order valence-corrected chi connectivity index (χ2v) is 12.2. The van der Waals surface area contributed by atoms with Gasteiger partial charge in [-0.15, -0.1) is 0 Å².